The van der Waals surface area contributed by atoms with E-state index in [4.69, 9.17) is 4.74 Å². The number of ketones is 1. The Balaban J connectivity index is 1.41. The quantitative estimate of drug-likeness (QED) is 0.680. The molecule has 0 aliphatic heterocycles. The number of carbonyl (C=O) groups is 2. The lowest BCUT2D eigenvalue weighted by molar-refractivity contribution is -0.118. The average molecular weight is 342 g/mol. The Morgan fingerprint density at radius 1 is 1.28 bits per heavy atom. The lowest BCUT2D eigenvalue weighted by Gasteiger charge is -2.35. The van der Waals surface area contributed by atoms with Gasteiger partial charge in [-0.1, -0.05) is 18.2 Å². The number of hydrogen-bond acceptors (Lipinski definition) is 5. The van der Waals surface area contributed by atoms with Crippen molar-refractivity contribution in [2.75, 3.05) is 18.5 Å². The van der Waals surface area contributed by atoms with Crippen LogP contribution in [-0.2, 0) is 9.59 Å². The highest BCUT2D eigenvalue weighted by Crippen LogP contribution is 2.36. The average Bonchev–Trinajstić information content (AvgIpc) is 3.00. The van der Waals surface area contributed by atoms with Gasteiger partial charge in [-0.2, -0.15) is 5.10 Å². The Bertz CT molecular complexity index is 723. The summed E-state index contributed by atoms with van der Waals surface area (Å²) in [5, 5.41) is 13.0. The molecule has 0 bridgehead atoms. The molecule has 1 aliphatic rings. The second kappa shape index (κ2) is 7.94. The summed E-state index contributed by atoms with van der Waals surface area (Å²) in [4.78, 5) is 22.9. The molecule has 7 nitrogen and oxygen atoms in total. The second-order valence-corrected chi connectivity index (χ2v) is 6.31. The first kappa shape index (κ1) is 17.2. The van der Waals surface area contributed by atoms with Crippen molar-refractivity contribution in [1.29, 1.82) is 0 Å². The van der Waals surface area contributed by atoms with E-state index in [1.165, 1.54) is 0 Å². The fourth-order valence-electron chi connectivity index (χ4n) is 2.78. The van der Waals surface area contributed by atoms with Crippen LogP contribution < -0.4 is 15.4 Å². The third-order valence-corrected chi connectivity index (χ3v) is 4.20. The van der Waals surface area contributed by atoms with E-state index < -0.39 is 0 Å². The highest BCUT2D eigenvalue weighted by Gasteiger charge is 2.31. The SMILES string of the molecule is CC(=O)CNC1CC(c2cc(NC(=O)COc3ccccc3)n[nH]2)C1. The van der Waals surface area contributed by atoms with Crippen molar-refractivity contribution in [2.45, 2.75) is 31.7 Å². The fraction of sp³-hybridized carbons (Fsp3) is 0.389. The zero-order valence-electron chi connectivity index (χ0n) is 14.1. The summed E-state index contributed by atoms with van der Waals surface area (Å²) in [7, 11) is 0. The van der Waals surface area contributed by atoms with Gasteiger partial charge >= 0.3 is 0 Å². The first-order chi connectivity index (χ1) is 12.1. The van der Waals surface area contributed by atoms with Crippen molar-refractivity contribution >= 4 is 17.5 Å². The minimum atomic E-state index is -0.253. The lowest BCUT2D eigenvalue weighted by Crippen LogP contribution is -2.42. The van der Waals surface area contributed by atoms with Crippen molar-refractivity contribution in [3.05, 3.63) is 42.1 Å². The van der Waals surface area contributed by atoms with Gasteiger partial charge in [0.1, 0.15) is 11.5 Å². The molecule has 1 heterocycles. The van der Waals surface area contributed by atoms with Crippen LogP contribution in [0.3, 0.4) is 0 Å². The van der Waals surface area contributed by atoms with Crippen LogP contribution in [0.5, 0.6) is 5.75 Å². The van der Waals surface area contributed by atoms with Crippen LogP contribution in [0.25, 0.3) is 0 Å². The maximum absolute atomic E-state index is 11.9. The Labute approximate surface area is 146 Å². The Kier molecular flexibility index (Phi) is 5.45. The van der Waals surface area contributed by atoms with Crippen molar-refractivity contribution in [3.63, 3.8) is 0 Å². The third-order valence-electron chi connectivity index (χ3n) is 4.20. The number of anilines is 1. The predicted octanol–water partition coefficient (Wildman–Crippen LogP) is 1.85. The van der Waals surface area contributed by atoms with Gasteiger partial charge in [-0.05, 0) is 31.9 Å². The number of Topliss-reactive ketones (excluding diaryl/α,β-unsaturated/α-hetero) is 1. The smallest absolute Gasteiger partial charge is 0.263 e. The molecule has 1 aromatic heterocycles. The van der Waals surface area contributed by atoms with E-state index in [2.05, 4.69) is 20.8 Å². The first-order valence-electron chi connectivity index (χ1n) is 8.36. The standard InChI is InChI=1S/C18H22N4O3/c1-12(23)10-19-14-7-13(8-14)16-9-17(22-21-16)20-18(24)11-25-15-5-3-2-4-6-15/h2-6,9,13-14,19H,7-8,10-11H2,1H3,(H2,20,21,22,24). The zero-order valence-corrected chi connectivity index (χ0v) is 14.1. The fourth-order valence-corrected chi connectivity index (χ4v) is 2.78. The molecule has 0 saturated heterocycles. The number of carbonyl (C=O) groups excluding carboxylic acids is 2. The molecule has 3 N–H and O–H groups in total. The number of benzene rings is 1. The van der Waals surface area contributed by atoms with Crippen molar-refractivity contribution in [1.82, 2.24) is 15.5 Å². The summed E-state index contributed by atoms with van der Waals surface area (Å²) in [5.74, 6) is 1.42. The molecule has 0 atom stereocenters. The number of nitrogens with zero attached hydrogens (tertiary/aromatic N) is 1. The van der Waals surface area contributed by atoms with Crippen LogP contribution in [0.1, 0.15) is 31.4 Å². The van der Waals surface area contributed by atoms with Gasteiger partial charge in [0.05, 0.1) is 6.54 Å². The van der Waals surface area contributed by atoms with Crippen molar-refractivity contribution < 1.29 is 14.3 Å². The number of nitrogens with one attached hydrogen (secondary N) is 3. The Hall–Kier alpha value is -2.67. The van der Waals surface area contributed by atoms with Gasteiger partial charge in [0.25, 0.3) is 5.91 Å². The van der Waals surface area contributed by atoms with Crippen molar-refractivity contribution in [2.24, 2.45) is 0 Å². The molecule has 1 fully saturated rings. The zero-order chi connectivity index (χ0) is 17.6. The number of aromatic amines is 1. The molecule has 132 valence electrons. The first-order valence-corrected chi connectivity index (χ1v) is 8.36. The molecule has 1 saturated carbocycles. The van der Waals surface area contributed by atoms with E-state index in [0.717, 1.165) is 18.5 Å². The van der Waals surface area contributed by atoms with Gasteiger partial charge in [0.15, 0.2) is 12.4 Å². The van der Waals surface area contributed by atoms with Gasteiger partial charge in [-0.15, -0.1) is 0 Å². The predicted molar refractivity (Wildman–Crippen MR) is 93.6 cm³/mol. The third kappa shape index (κ3) is 4.90. The number of rotatable bonds is 8. The molecule has 1 aliphatic carbocycles. The van der Waals surface area contributed by atoms with Gasteiger partial charge in [0, 0.05) is 23.7 Å². The molecule has 0 unspecified atom stereocenters. The topological polar surface area (TPSA) is 96.1 Å². The maximum Gasteiger partial charge on any atom is 0.263 e. The molecular formula is C18H22N4O3. The lowest BCUT2D eigenvalue weighted by atomic mass is 9.78. The van der Waals surface area contributed by atoms with E-state index in [9.17, 15) is 9.59 Å². The summed E-state index contributed by atoms with van der Waals surface area (Å²) in [6, 6.07) is 11.4. The second-order valence-electron chi connectivity index (χ2n) is 6.31. The van der Waals surface area contributed by atoms with Crippen LogP contribution in [-0.4, -0.2) is 41.1 Å². The number of H-pyrrole nitrogens is 1. The number of para-hydroxylation sites is 1. The highest BCUT2D eigenvalue weighted by molar-refractivity contribution is 5.91. The monoisotopic (exact) mass is 342 g/mol. The van der Waals surface area contributed by atoms with Gasteiger partial charge in [-0.3, -0.25) is 14.7 Å². The summed E-state index contributed by atoms with van der Waals surface area (Å²) in [5.41, 5.74) is 1.00. The molecule has 1 aromatic carbocycles. The molecule has 25 heavy (non-hydrogen) atoms. The Morgan fingerprint density at radius 3 is 2.76 bits per heavy atom. The summed E-state index contributed by atoms with van der Waals surface area (Å²) >= 11 is 0. The molecule has 1 amide bonds. The number of ether oxygens (including phenoxy) is 1. The van der Waals surface area contributed by atoms with Gasteiger partial charge in [0.2, 0.25) is 0 Å². The molecule has 0 radical (unpaired) electrons. The minimum absolute atomic E-state index is 0.0628. The number of aromatic nitrogens is 2. The molecule has 3 rings (SSSR count). The normalized spacial score (nSPS) is 19.1. The Morgan fingerprint density at radius 2 is 2.04 bits per heavy atom. The van der Waals surface area contributed by atoms with E-state index >= 15 is 0 Å². The number of hydrogen-bond donors (Lipinski definition) is 3. The summed E-state index contributed by atoms with van der Waals surface area (Å²) in [6.45, 7) is 1.93. The van der Waals surface area contributed by atoms with Crippen LogP contribution in [0.15, 0.2) is 36.4 Å². The maximum atomic E-state index is 11.9. The highest BCUT2D eigenvalue weighted by atomic mass is 16.5. The number of amides is 1. The van der Waals surface area contributed by atoms with Gasteiger partial charge < -0.3 is 15.4 Å². The van der Waals surface area contributed by atoms with Crippen LogP contribution in [0, 0.1) is 0 Å². The molecule has 7 heteroatoms. The summed E-state index contributed by atoms with van der Waals surface area (Å²) in [6.07, 6.45) is 1.92. The molecular weight excluding hydrogens is 320 g/mol. The summed E-state index contributed by atoms with van der Waals surface area (Å²) < 4.78 is 5.40. The van der Waals surface area contributed by atoms with E-state index in [1.54, 1.807) is 19.1 Å². The van der Waals surface area contributed by atoms with Gasteiger partial charge in [-0.25, -0.2) is 0 Å². The minimum Gasteiger partial charge on any atom is -0.484 e. The van der Waals surface area contributed by atoms with E-state index in [-0.39, 0.29) is 18.3 Å². The molecule has 0 spiro atoms. The molecule has 2 aromatic rings. The van der Waals surface area contributed by atoms with Crippen LogP contribution in [0.4, 0.5) is 5.82 Å². The van der Waals surface area contributed by atoms with E-state index in [0.29, 0.717) is 30.1 Å². The van der Waals surface area contributed by atoms with Crippen molar-refractivity contribution in [3.8, 4) is 5.75 Å². The van der Waals surface area contributed by atoms with E-state index in [1.807, 2.05) is 24.3 Å². The van der Waals surface area contributed by atoms with Crippen LogP contribution >= 0.6 is 0 Å². The largest absolute Gasteiger partial charge is 0.484 e. The van der Waals surface area contributed by atoms with Crippen LogP contribution in [0.2, 0.25) is 0 Å².